The zero-order valence-electron chi connectivity index (χ0n) is 13.1. The molecule has 23 heavy (non-hydrogen) atoms. The molecule has 2 N–H and O–H groups in total. The van der Waals surface area contributed by atoms with E-state index in [1.54, 1.807) is 0 Å². The highest BCUT2D eigenvalue weighted by atomic mass is 16.5. The van der Waals surface area contributed by atoms with Crippen LogP contribution in [0.4, 0.5) is 0 Å². The van der Waals surface area contributed by atoms with Gasteiger partial charge in [0.25, 0.3) is 0 Å². The van der Waals surface area contributed by atoms with Crippen LogP contribution in [0.1, 0.15) is 36.5 Å². The number of para-hydroxylation sites is 1. The van der Waals surface area contributed by atoms with Crippen molar-refractivity contribution in [1.82, 2.24) is 5.32 Å². The first-order valence-electron chi connectivity index (χ1n) is 7.90. The van der Waals surface area contributed by atoms with Crippen molar-refractivity contribution < 1.29 is 14.6 Å². The first kappa shape index (κ1) is 15.6. The van der Waals surface area contributed by atoms with Crippen LogP contribution in [0.25, 0.3) is 0 Å². The first-order chi connectivity index (χ1) is 11.1. The van der Waals surface area contributed by atoms with E-state index < -0.39 is 6.10 Å². The highest BCUT2D eigenvalue weighted by molar-refractivity contribution is 5.85. The number of amides is 1. The Hall–Kier alpha value is -2.33. The second kappa shape index (κ2) is 6.84. The molecule has 0 saturated carbocycles. The van der Waals surface area contributed by atoms with Crippen LogP contribution >= 0.6 is 0 Å². The van der Waals surface area contributed by atoms with E-state index in [1.807, 2.05) is 61.5 Å². The molecule has 0 saturated heterocycles. The van der Waals surface area contributed by atoms with Gasteiger partial charge in [-0.15, -0.1) is 0 Å². The van der Waals surface area contributed by atoms with Crippen LogP contribution < -0.4 is 10.1 Å². The lowest BCUT2D eigenvalue weighted by molar-refractivity contribution is -0.123. The number of rotatable bonds is 5. The Morgan fingerprint density at radius 2 is 1.91 bits per heavy atom. The Balaban J connectivity index is 1.58. The Morgan fingerprint density at radius 1 is 1.22 bits per heavy atom. The van der Waals surface area contributed by atoms with Crippen molar-refractivity contribution in [3.8, 4) is 5.75 Å². The molecule has 0 fully saturated rings. The van der Waals surface area contributed by atoms with Gasteiger partial charge in [0, 0.05) is 11.6 Å². The van der Waals surface area contributed by atoms with Crippen LogP contribution in [0.2, 0.25) is 0 Å². The summed E-state index contributed by atoms with van der Waals surface area (Å²) >= 11 is 0. The molecule has 120 valence electrons. The number of aliphatic hydroxyl groups is 1. The predicted octanol–water partition coefficient (Wildman–Crippen LogP) is 2.79. The van der Waals surface area contributed by atoms with Gasteiger partial charge >= 0.3 is 0 Å². The molecule has 3 atom stereocenters. The van der Waals surface area contributed by atoms with Gasteiger partial charge in [-0.25, -0.2) is 0 Å². The minimum Gasteiger partial charge on any atom is -0.492 e. The zero-order valence-corrected chi connectivity index (χ0v) is 13.1. The summed E-state index contributed by atoms with van der Waals surface area (Å²) < 4.78 is 5.55. The summed E-state index contributed by atoms with van der Waals surface area (Å²) in [5.74, 6) is 0.454. The van der Waals surface area contributed by atoms with Gasteiger partial charge < -0.3 is 15.2 Å². The number of carbonyl (C=O) groups excluding carboxylic acids is 1. The van der Waals surface area contributed by atoms with Gasteiger partial charge in [0.1, 0.15) is 18.3 Å². The monoisotopic (exact) mass is 311 g/mol. The van der Waals surface area contributed by atoms with Crippen LogP contribution in [0.3, 0.4) is 0 Å². The van der Waals surface area contributed by atoms with E-state index in [4.69, 9.17) is 4.74 Å². The highest BCUT2D eigenvalue weighted by Gasteiger charge is 2.30. The largest absolute Gasteiger partial charge is 0.492 e. The van der Waals surface area contributed by atoms with Crippen molar-refractivity contribution >= 4 is 5.91 Å². The molecule has 2 aromatic carbocycles. The molecule has 0 unspecified atom stereocenters. The Bertz CT molecular complexity index is 671. The van der Waals surface area contributed by atoms with Crippen molar-refractivity contribution in [3.05, 3.63) is 65.7 Å². The normalized spacial score (nSPS) is 18.6. The van der Waals surface area contributed by atoms with Crippen molar-refractivity contribution in [1.29, 1.82) is 0 Å². The van der Waals surface area contributed by atoms with Crippen LogP contribution in [0, 0.1) is 0 Å². The van der Waals surface area contributed by atoms with E-state index in [1.165, 1.54) is 0 Å². The summed E-state index contributed by atoms with van der Waals surface area (Å²) in [7, 11) is 0. The van der Waals surface area contributed by atoms with Gasteiger partial charge in [-0.05, 0) is 25.0 Å². The van der Waals surface area contributed by atoms with E-state index >= 15 is 0 Å². The molecule has 0 aliphatic carbocycles. The van der Waals surface area contributed by atoms with Gasteiger partial charge in [-0.1, -0.05) is 48.5 Å². The van der Waals surface area contributed by atoms with Gasteiger partial charge in [0.2, 0.25) is 5.91 Å². The molecule has 1 heterocycles. The van der Waals surface area contributed by atoms with Gasteiger partial charge in [-0.3, -0.25) is 4.79 Å². The van der Waals surface area contributed by atoms with E-state index in [-0.39, 0.29) is 17.9 Å². The Kier molecular flexibility index (Phi) is 4.63. The third kappa shape index (κ3) is 3.54. The molecule has 0 spiro atoms. The van der Waals surface area contributed by atoms with E-state index in [0.717, 1.165) is 16.9 Å². The Morgan fingerprint density at radius 3 is 2.70 bits per heavy atom. The molecule has 3 rings (SSSR count). The number of carbonyl (C=O) groups is 1. The number of aliphatic hydroxyl groups excluding tert-OH is 1. The molecule has 4 nitrogen and oxygen atoms in total. The molecule has 2 aromatic rings. The number of ether oxygens (including phenoxy) is 1. The fraction of sp³-hybridized carbons (Fsp3) is 0.316. The average molecular weight is 311 g/mol. The third-order valence-corrected chi connectivity index (χ3v) is 4.17. The molecular weight excluding hydrogens is 290 g/mol. The Labute approximate surface area is 136 Å². The molecule has 1 aliphatic heterocycles. The number of fused-ring (bicyclic) bond motifs is 1. The maximum atomic E-state index is 12.5. The number of benzene rings is 2. The second-order valence-electron chi connectivity index (χ2n) is 5.97. The zero-order chi connectivity index (χ0) is 16.2. The highest BCUT2D eigenvalue weighted by Crippen LogP contribution is 2.33. The quantitative estimate of drug-likeness (QED) is 0.892. The topological polar surface area (TPSA) is 58.6 Å². The standard InChI is InChI=1S/C19H21NO3/c1-13(11-17(21)14-7-3-2-4-8-14)20-19(22)16-12-23-18-10-6-5-9-15(16)18/h2-10,13,16-17,21H,11-12H2,1H3,(H,20,22)/t13-,16-,17+/m1/s1. The summed E-state index contributed by atoms with van der Waals surface area (Å²) in [6, 6.07) is 17.0. The van der Waals surface area contributed by atoms with Gasteiger partial charge in [-0.2, -0.15) is 0 Å². The maximum Gasteiger partial charge on any atom is 0.231 e. The van der Waals surface area contributed by atoms with Crippen LogP contribution in [-0.2, 0) is 4.79 Å². The van der Waals surface area contributed by atoms with Gasteiger partial charge in [0.05, 0.1) is 6.10 Å². The van der Waals surface area contributed by atoms with Crippen LogP contribution in [-0.4, -0.2) is 23.7 Å². The molecule has 0 radical (unpaired) electrons. The second-order valence-corrected chi connectivity index (χ2v) is 5.97. The lowest BCUT2D eigenvalue weighted by Gasteiger charge is -2.20. The van der Waals surface area contributed by atoms with Crippen LogP contribution in [0.15, 0.2) is 54.6 Å². The summed E-state index contributed by atoms with van der Waals surface area (Å²) in [5, 5.41) is 13.2. The molecule has 4 heteroatoms. The average Bonchev–Trinajstić information content (AvgIpc) is 2.99. The lowest BCUT2D eigenvalue weighted by atomic mass is 9.99. The van der Waals surface area contributed by atoms with Crippen molar-refractivity contribution in [2.75, 3.05) is 6.61 Å². The fourth-order valence-corrected chi connectivity index (χ4v) is 2.93. The summed E-state index contributed by atoms with van der Waals surface area (Å²) in [6.45, 7) is 2.28. The number of hydrogen-bond donors (Lipinski definition) is 2. The molecular formula is C19H21NO3. The molecule has 1 aliphatic rings. The first-order valence-corrected chi connectivity index (χ1v) is 7.90. The minimum absolute atomic E-state index is 0.0530. The summed E-state index contributed by atoms with van der Waals surface area (Å²) in [4.78, 5) is 12.5. The number of nitrogens with one attached hydrogen (secondary N) is 1. The van der Waals surface area contributed by atoms with Crippen molar-refractivity contribution in [2.24, 2.45) is 0 Å². The van der Waals surface area contributed by atoms with Crippen molar-refractivity contribution in [2.45, 2.75) is 31.4 Å². The van der Waals surface area contributed by atoms with E-state index in [0.29, 0.717) is 13.0 Å². The smallest absolute Gasteiger partial charge is 0.231 e. The SMILES string of the molecule is C[C@H](C[C@H](O)c1ccccc1)NC(=O)[C@@H]1COc2ccccc21. The molecule has 1 amide bonds. The minimum atomic E-state index is -0.585. The fourth-order valence-electron chi connectivity index (χ4n) is 2.93. The third-order valence-electron chi connectivity index (χ3n) is 4.17. The van der Waals surface area contributed by atoms with Gasteiger partial charge in [0.15, 0.2) is 0 Å². The predicted molar refractivity (Wildman–Crippen MR) is 88.3 cm³/mol. The maximum absolute atomic E-state index is 12.5. The number of hydrogen-bond acceptors (Lipinski definition) is 3. The van der Waals surface area contributed by atoms with Crippen molar-refractivity contribution in [3.63, 3.8) is 0 Å². The molecule has 0 bridgehead atoms. The lowest BCUT2D eigenvalue weighted by Crippen LogP contribution is -2.37. The van der Waals surface area contributed by atoms with Crippen LogP contribution in [0.5, 0.6) is 5.75 Å². The summed E-state index contributed by atoms with van der Waals surface area (Å²) in [6.07, 6.45) is -0.107. The molecule has 0 aromatic heterocycles. The van der Waals surface area contributed by atoms with E-state index in [2.05, 4.69) is 5.32 Å². The summed E-state index contributed by atoms with van der Waals surface area (Å²) in [5.41, 5.74) is 1.80. The van der Waals surface area contributed by atoms with E-state index in [9.17, 15) is 9.90 Å².